The zero-order valence-electron chi connectivity index (χ0n) is 20.2. The standard InChI is InChI=1S/C27H37ClO5S/c1-32-23-17-22(29)20(9-5-3-4-6-12-26(30)31)21(23)10-7-11-24(33-2)27(15-8-16-27)18-19-13-14-25(28)34-19/h3,5,7,10,13-14,20-21,23-24H,4,6,8-9,11-12,15-18H2,1-2H3,(H,30,31)/t20-,21-,23-,24?/m1/s1. The molecule has 1 aromatic rings. The van der Waals surface area contributed by atoms with Crippen LogP contribution in [-0.4, -0.2) is 43.3 Å². The summed E-state index contributed by atoms with van der Waals surface area (Å²) < 4.78 is 12.5. The average Bonchev–Trinajstić information content (AvgIpc) is 3.33. The lowest BCUT2D eigenvalue weighted by Crippen LogP contribution is -2.44. The Balaban J connectivity index is 1.60. The highest BCUT2D eigenvalue weighted by Gasteiger charge is 2.44. The van der Waals surface area contributed by atoms with Gasteiger partial charge in [0.1, 0.15) is 5.78 Å². The molecule has 2 fully saturated rings. The number of carboxylic acids is 1. The van der Waals surface area contributed by atoms with Crippen molar-refractivity contribution >= 4 is 34.7 Å². The molecule has 0 spiro atoms. The molecular formula is C27H37ClO5S. The lowest BCUT2D eigenvalue weighted by Gasteiger charge is -2.47. The van der Waals surface area contributed by atoms with Gasteiger partial charge in [0.15, 0.2) is 0 Å². The minimum absolute atomic E-state index is 0.0483. The molecule has 1 unspecified atom stereocenters. The third-order valence-corrected chi connectivity index (χ3v) is 8.74. The van der Waals surface area contributed by atoms with Crippen LogP contribution >= 0.6 is 22.9 Å². The van der Waals surface area contributed by atoms with E-state index in [4.69, 9.17) is 26.2 Å². The number of hydrogen-bond donors (Lipinski definition) is 1. The van der Waals surface area contributed by atoms with Crippen molar-refractivity contribution in [1.82, 2.24) is 0 Å². The van der Waals surface area contributed by atoms with Crippen LogP contribution in [0.5, 0.6) is 0 Å². The zero-order chi connectivity index (χ0) is 24.6. The molecule has 34 heavy (non-hydrogen) atoms. The number of aliphatic carboxylic acids is 1. The number of thiophene rings is 1. The van der Waals surface area contributed by atoms with Gasteiger partial charge >= 0.3 is 5.97 Å². The molecule has 3 rings (SSSR count). The molecule has 5 nitrogen and oxygen atoms in total. The fourth-order valence-corrected chi connectivity index (χ4v) is 6.71. The number of hydrogen-bond acceptors (Lipinski definition) is 5. The molecule has 0 bridgehead atoms. The Labute approximate surface area is 212 Å². The normalized spacial score (nSPS) is 25.3. The summed E-state index contributed by atoms with van der Waals surface area (Å²) in [5.41, 5.74) is 0.150. The van der Waals surface area contributed by atoms with Crippen molar-refractivity contribution in [3.8, 4) is 0 Å². The van der Waals surface area contributed by atoms with Crippen LogP contribution in [0.3, 0.4) is 0 Å². The molecule has 1 heterocycles. The molecule has 0 radical (unpaired) electrons. The van der Waals surface area contributed by atoms with E-state index in [1.165, 1.54) is 11.3 Å². The van der Waals surface area contributed by atoms with E-state index in [9.17, 15) is 9.59 Å². The van der Waals surface area contributed by atoms with Crippen LogP contribution in [-0.2, 0) is 25.5 Å². The first-order chi connectivity index (χ1) is 16.4. The second-order valence-corrected chi connectivity index (χ2v) is 11.4. The van der Waals surface area contributed by atoms with Gasteiger partial charge in [0.05, 0.1) is 16.5 Å². The van der Waals surface area contributed by atoms with E-state index in [0.717, 1.165) is 30.0 Å². The van der Waals surface area contributed by atoms with Gasteiger partial charge in [0.25, 0.3) is 0 Å². The molecular weight excluding hydrogens is 472 g/mol. The third-order valence-electron chi connectivity index (χ3n) is 7.51. The summed E-state index contributed by atoms with van der Waals surface area (Å²) in [4.78, 5) is 24.6. The van der Waals surface area contributed by atoms with E-state index in [0.29, 0.717) is 25.7 Å². The minimum Gasteiger partial charge on any atom is -0.481 e. The molecule has 0 saturated heterocycles. The van der Waals surface area contributed by atoms with Crippen LogP contribution in [0.4, 0.5) is 0 Å². The van der Waals surface area contributed by atoms with E-state index >= 15 is 0 Å². The highest BCUT2D eigenvalue weighted by atomic mass is 35.5. The van der Waals surface area contributed by atoms with Crippen LogP contribution in [0.25, 0.3) is 0 Å². The number of carboxylic acid groups (broad SMARTS) is 1. The van der Waals surface area contributed by atoms with Crippen LogP contribution in [0.1, 0.15) is 62.7 Å². The Morgan fingerprint density at radius 2 is 2.09 bits per heavy atom. The number of allylic oxidation sites excluding steroid dienone is 2. The van der Waals surface area contributed by atoms with Crippen molar-refractivity contribution < 1.29 is 24.2 Å². The Kier molecular flexibility index (Phi) is 10.4. The van der Waals surface area contributed by atoms with Gasteiger partial charge in [-0.2, -0.15) is 0 Å². The number of carbonyl (C=O) groups excluding carboxylic acids is 1. The SMILES string of the molecule is COC(CC=C[C@H]1[C@H](OC)CC(=O)[C@@H]1CC=CCCCC(=O)O)C1(Cc2ccc(Cl)s2)CCC1. The van der Waals surface area contributed by atoms with Crippen molar-refractivity contribution in [2.24, 2.45) is 17.3 Å². The Hall–Kier alpha value is -1.47. The predicted octanol–water partition coefficient (Wildman–Crippen LogP) is 6.50. The zero-order valence-corrected chi connectivity index (χ0v) is 21.8. The smallest absolute Gasteiger partial charge is 0.303 e. The molecule has 1 aromatic heterocycles. The number of Topliss-reactive ketones (excluding diaryl/α,β-unsaturated/α-hetero) is 1. The quantitative estimate of drug-likeness (QED) is 0.229. The molecule has 1 N–H and O–H groups in total. The third kappa shape index (κ3) is 7.03. The number of halogens is 1. The molecule has 7 heteroatoms. The summed E-state index contributed by atoms with van der Waals surface area (Å²) in [5.74, 6) is -0.578. The number of methoxy groups -OCH3 is 2. The fourth-order valence-electron chi connectivity index (χ4n) is 5.47. The van der Waals surface area contributed by atoms with E-state index in [1.807, 2.05) is 18.2 Å². The van der Waals surface area contributed by atoms with E-state index in [2.05, 4.69) is 18.2 Å². The number of unbranched alkanes of at least 4 members (excludes halogenated alkanes) is 1. The lowest BCUT2D eigenvalue weighted by molar-refractivity contribution is -0.137. The topological polar surface area (TPSA) is 72.8 Å². The van der Waals surface area contributed by atoms with Crippen LogP contribution in [0.15, 0.2) is 36.4 Å². The second kappa shape index (κ2) is 13.0. The van der Waals surface area contributed by atoms with E-state index in [1.54, 1.807) is 25.6 Å². The number of carbonyl (C=O) groups is 2. The minimum atomic E-state index is -0.773. The molecule has 0 aliphatic heterocycles. The van der Waals surface area contributed by atoms with Gasteiger partial charge in [0.2, 0.25) is 0 Å². The Morgan fingerprint density at radius 3 is 2.68 bits per heavy atom. The summed E-state index contributed by atoms with van der Waals surface area (Å²) in [6, 6.07) is 4.10. The van der Waals surface area contributed by atoms with Gasteiger partial charge in [-0.25, -0.2) is 0 Å². The lowest BCUT2D eigenvalue weighted by atomic mass is 9.62. The molecule has 2 saturated carbocycles. The maximum absolute atomic E-state index is 12.7. The second-order valence-electron chi connectivity index (χ2n) is 9.61. The fraction of sp³-hybridized carbons (Fsp3) is 0.630. The summed E-state index contributed by atoms with van der Waals surface area (Å²) >= 11 is 7.81. The largest absolute Gasteiger partial charge is 0.481 e. The maximum atomic E-state index is 12.7. The van der Waals surface area contributed by atoms with Crippen LogP contribution < -0.4 is 0 Å². The molecule has 2 aliphatic carbocycles. The first-order valence-electron chi connectivity index (χ1n) is 12.2. The van der Waals surface area contributed by atoms with E-state index < -0.39 is 5.97 Å². The molecule has 0 aromatic carbocycles. The van der Waals surface area contributed by atoms with Gasteiger partial charge in [-0.1, -0.05) is 42.3 Å². The maximum Gasteiger partial charge on any atom is 0.303 e. The highest BCUT2D eigenvalue weighted by Crippen LogP contribution is 2.49. The summed E-state index contributed by atoms with van der Waals surface area (Å²) in [6.45, 7) is 0. The molecule has 2 aliphatic rings. The van der Waals surface area contributed by atoms with Gasteiger partial charge in [0, 0.05) is 49.2 Å². The predicted molar refractivity (Wildman–Crippen MR) is 137 cm³/mol. The van der Waals surface area contributed by atoms with Crippen LogP contribution in [0.2, 0.25) is 4.34 Å². The van der Waals surface area contributed by atoms with Gasteiger partial charge in [-0.3, -0.25) is 9.59 Å². The van der Waals surface area contributed by atoms with Gasteiger partial charge < -0.3 is 14.6 Å². The monoisotopic (exact) mass is 508 g/mol. The molecule has 188 valence electrons. The molecule has 0 amide bonds. The van der Waals surface area contributed by atoms with Crippen molar-refractivity contribution in [3.05, 3.63) is 45.7 Å². The number of ether oxygens (including phenoxy) is 2. The van der Waals surface area contributed by atoms with Crippen molar-refractivity contribution in [3.63, 3.8) is 0 Å². The molecule has 4 atom stereocenters. The number of ketones is 1. The first-order valence-corrected chi connectivity index (χ1v) is 13.4. The Bertz CT molecular complexity index is 872. The summed E-state index contributed by atoms with van der Waals surface area (Å²) in [6.07, 6.45) is 16.4. The Morgan fingerprint density at radius 1 is 1.29 bits per heavy atom. The van der Waals surface area contributed by atoms with Crippen molar-refractivity contribution in [1.29, 1.82) is 0 Å². The van der Waals surface area contributed by atoms with Gasteiger partial charge in [-0.15, -0.1) is 11.3 Å². The average molecular weight is 509 g/mol. The summed E-state index contributed by atoms with van der Waals surface area (Å²) in [7, 11) is 3.48. The number of rotatable bonds is 14. The van der Waals surface area contributed by atoms with Crippen molar-refractivity contribution in [2.75, 3.05) is 14.2 Å². The summed E-state index contributed by atoms with van der Waals surface area (Å²) in [5, 5.41) is 8.75. The highest BCUT2D eigenvalue weighted by molar-refractivity contribution is 7.16. The van der Waals surface area contributed by atoms with E-state index in [-0.39, 0.29) is 41.7 Å². The van der Waals surface area contributed by atoms with Crippen molar-refractivity contribution in [2.45, 2.75) is 76.4 Å². The van der Waals surface area contributed by atoms with Crippen LogP contribution in [0, 0.1) is 17.3 Å². The first kappa shape index (κ1) is 27.1. The van der Waals surface area contributed by atoms with Gasteiger partial charge in [-0.05, 0) is 57.1 Å².